The van der Waals surface area contributed by atoms with E-state index in [-0.39, 0.29) is 0 Å². The fourth-order valence-electron chi connectivity index (χ4n) is 18.6. The van der Waals surface area contributed by atoms with Crippen LogP contribution in [-0.2, 0) is 25.7 Å². The van der Waals surface area contributed by atoms with Gasteiger partial charge in [-0.25, -0.2) is 0 Å². The highest BCUT2D eigenvalue weighted by Gasteiger charge is 2.28. The first kappa shape index (κ1) is 98.5. The molecule has 662 valence electrons. The van der Waals surface area contributed by atoms with Crippen molar-refractivity contribution < 1.29 is 17.7 Å². The van der Waals surface area contributed by atoms with Crippen LogP contribution in [0.2, 0.25) is 0 Å². The molecule has 0 fully saturated rings. The fraction of sp³-hybridized carbons (Fsp3) is 0.623. The van der Waals surface area contributed by atoms with Crippen LogP contribution in [0.1, 0.15) is 403 Å². The van der Waals surface area contributed by atoms with E-state index in [1.54, 1.807) is 13.0 Å². The van der Waals surface area contributed by atoms with Crippen LogP contribution >= 0.6 is 45.3 Å². The largest absolute Gasteiger partial charge is 0.479 e. The molecule has 4 atom stereocenters. The monoisotopic (exact) mass is 1730 g/mol. The Morgan fingerprint density at radius 2 is 0.590 bits per heavy atom. The Hall–Kier alpha value is -7.26. The number of aromatic nitrogens is 4. The lowest BCUT2D eigenvalue weighted by Crippen LogP contribution is -2.05. The van der Waals surface area contributed by atoms with Crippen molar-refractivity contribution >= 4 is 91.6 Å². The standard InChI is InChI=1S/C54H78N4O2S2.C52H72N2O2S2.N2/c1-7-11-15-17-19-23-27-41(25-21-13-9-3)30-32-43-45-37-50(47-34-29-39(5)59-47)61-52(45)44(33-31-42(26-22-14-10-4)28-24-20-18-16-12-8-2)46-38-51(62-53(43)46)48-35-36-49(60-48)54-57-55-40(6)56-58-54;1-6-10-14-16-18-22-26-39(24-20-12-8-3)28-31-42-44-36-48(46-33-30-41(38-53)55-46)57-51(44)43(45-37-49(58-52(42)45)47-34-35-50(54-5)56-47)32-29-40(25-21-13-9-4)27-23-19-17-15-11-7-2;1-2/h29,34-38,41-42H,7-28,30-33H2,1-6H3;30,33-37,39-40H,6-29,31-32H2,1-4H3;. The Labute approximate surface area is 751 Å². The topological polar surface area (TPSA) is 180 Å². The third-order valence-corrected chi connectivity index (χ3v) is 30.6. The number of furan rings is 4. The van der Waals surface area contributed by atoms with E-state index in [4.69, 9.17) is 35.0 Å². The molecule has 0 aliphatic heterocycles. The zero-order valence-electron chi connectivity index (χ0n) is 76.9. The molecule has 0 aliphatic rings. The molecule has 12 nitrogen and oxygen atoms in total. The van der Waals surface area contributed by atoms with Crippen molar-refractivity contribution in [1.82, 2.24) is 20.4 Å². The molecule has 0 saturated heterocycles. The van der Waals surface area contributed by atoms with Crippen molar-refractivity contribution in [1.29, 1.82) is 16.0 Å². The smallest absolute Gasteiger partial charge is 0.346 e. The van der Waals surface area contributed by atoms with E-state index in [2.05, 4.69) is 136 Å². The fourth-order valence-corrected chi connectivity index (χ4v) is 23.6. The van der Waals surface area contributed by atoms with Gasteiger partial charge in [0.05, 0.1) is 26.1 Å². The van der Waals surface area contributed by atoms with Gasteiger partial charge in [0.1, 0.15) is 34.9 Å². The maximum atomic E-state index is 9.63. The number of hydrogen-bond donors (Lipinski definition) is 0. The molecule has 2 aromatic carbocycles. The maximum absolute atomic E-state index is 9.63. The summed E-state index contributed by atoms with van der Waals surface area (Å²) in [6, 6.07) is 27.8. The molecule has 16 heteroatoms. The average Bonchev–Trinajstić information content (AvgIpc) is 1.59. The van der Waals surface area contributed by atoms with Gasteiger partial charge in [-0.2, -0.15) is 10.1 Å². The zero-order chi connectivity index (χ0) is 86.5. The third kappa shape index (κ3) is 30.5. The number of unbranched alkanes of at least 4 members (excludes halogenated alkanes) is 28. The highest BCUT2D eigenvalue weighted by Crippen LogP contribution is 2.51. The number of fused-ring (bicyclic) bond motifs is 4. The number of hydrogen-bond acceptors (Lipinski definition) is 15. The van der Waals surface area contributed by atoms with Crippen molar-refractivity contribution in [3.63, 3.8) is 0 Å². The Kier molecular flexibility index (Phi) is 45.2. The summed E-state index contributed by atoms with van der Waals surface area (Å²) in [5, 5.41) is 44.1. The molecule has 0 amide bonds. The second kappa shape index (κ2) is 56.0. The van der Waals surface area contributed by atoms with Gasteiger partial charge in [-0.05, 0) is 205 Å². The Morgan fingerprint density at radius 3 is 0.893 bits per heavy atom. The Balaban J connectivity index is 0.000000272. The van der Waals surface area contributed by atoms with E-state index in [1.165, 1.54) is 381 Å². The summed E-state index contributed by atoms with van der Waals surface area (Å²) in [7, 11) is 0. The van der Waals surface area contributed by atoms with E-state index >= 15 is 0 Å². The molecule has 0 spiro atoms. The van der Waals surface area contributed by atoms with Crippen LogP contribution in [-0.4, -0.2) is 20.4 Å². The minimum absolute atomic E-state index is 0.350. The van der Waals surface area contributed by atoms with Gasteiger partial charge in [-0.1, -0.05) is 338 Å². The molecule has 0 radical (unpaired) electrons. The summed E-state index contributed by atoms with van der Waals surface area (Å²) in [5.74, 6) is 9.71. The summed E-state index contributed by atoms with van der Waals surface area (Å²) in [6.45, 7) is 30.0. The molecule has 4 unspecified atom stereocenters. The molecule has 9 heterocycles. The molecule has 0 bridgehead atoms. The van der Waals surface area contributed by atoms with Crippen LogP contribution in [0.4, 0.5) is 5.88 Å². The number of rotatable bonds is 61. The molecule has 11 rings (SSSR count). The highest BCUT2D eigenvalue weighted by molar-refractivity contribution is 7.25. The summed E-state index contributed by atoms with van der Waals surface area (Å²) < 4.78 is 30.7. The maximum Gasteiger partial charge on any atom is 0.346 e. The second-order valence-corrected chi connectivity index (χ2v) is 39.7. The van der Waals surface area contributed by atoms with E-state index < -0.39 is 0 Å². The lowest BCUT2D eigenvalue weighted by Gasteiger charge is -2.20. The molecule has 0 saturated carbocycles. The first-order valence-electron chi connectivity index (χ1n) is 48.9. The molecule has 9 aromatic heterocycles. The van der Waals surface area contributed by atoms with E-state index in [0.717, 1.165) is 87.9 Å². The van der Waals surface area contributed by atoms with Gasteiger partial charge in [-0.15, -0.1) is 65.7 Å². The van der Waals surface area contributed by atoms with Gasteiger partial charge in [0, 0.05) is 29.6 Å². The molecular formula is C106H150N8O4S4. The van der Waals surface area contributed by atoms with Crippen molar-refractivity contribution in [3.05, 3.63) is 124 Å². The predicted molar refractivity (Wildman–Crippen MR) is 522 cm³/mol. The summed E-state index contributed by atoms with van der Waals surface area (Å²) >= 11 is 7.60. The minimum atomic E-state index is 0.350. The Morgan fingerprint density at radius 1 is 0.320 bits per heavy atom. The number of benzene rings is 2. The van der Waals surface area contributed by atoms with Gasteiger partial charge in [0.2, 0.25) is 11.6 Å². The average molecular weight is 1730 g/mol. The van der Waals surface area contributed by atoms with E-state index in [1.807, 2.05) is 69.6 Å². The highest BCUT2D eigenvalue weighted by atomic mass is 32.1. The lowest BCUT2D eigenvalue weighted by atomic mass is 9.86. The SMILES string of the molecule is CCCCCCCCC(CCCCC)CCc1c2cc(-c3ccc(-c4nnc(C)nn4)o3)sc2c(CCC(CCCCC)CCCCCCCC)c2cc(-c3ccc(C)o3)sc12.N#N.[C-]#[N+]c1ccc(-c2cc3c(CCC(CCCCC)CCCCCCCC)c4sc(-c5ccc(C#N)o5)cc4c(CCC(CCCCC)CCCCCCCC)c3s2)o1. The summed E-state index contributed by atoms with van der Waals surface area (Å²) in [6.07, 6.45) is 68.3. The Bertz CT molecular complexity index is 4560. The molecule has 0 N–H and O–H groups in total. The number of nitrogens with zero attached hydrogens (tertiary/aromatic N) is 8. The van der Waals surface area contributed by atoms with Gasteiger partial charge in [-0.3, -0.25) is 0 Å². The van der Waals surface area contributed by atoms with Crippen molar-refractivity contribution in [2.24, 2.45) is 23.7 Å². The van der Waals surface area contributed by atoms with Gasteiger partial charge in [0.25, 0.3) is 0 Å². The lowest BCUT2D eigenvalue weighted by molar-refractivity contribution is 0.383. The molecule has 0 aliphatic carbocycles. The summed E-state index contributed by atoms with van der Waals surface area (Å²) in [5.41, 5.74) is 5.98. The molecular weight excluding hydrogens is 1580 g/mol. The van der Waals surface area contributed by atoms with Crippen LogP contribution in [0.3, 0.4) is 0 Å². The van der Waals surface area contributed by atoms with Crippen molar-refractivity contribution in [2.45, 2.75) is 403 Å². The van der Waals surface area contributed by atoms with Crippen LogP contribution in [0.25, 0.3) is 99.3 Å². The molecule has 11 aromatic rings. The third-order valence-electron chi connectivity index (χ3n) is 25.8. The van der Waals surface area contributed by atoms with E-state index in [0.29, 0.717) is 29.1 Å². The number of aryl methyl sites for hydroxylation is 6. The van der Waals surface area contributed by atoms with Crippen molar-refractivity contribution in [2.75, 3.05) is 0 Å². The predicted octanol–water partition coefficient (Wildman–Crippen LogP) is 37.1. The van der Waals surface area contributed by atoms with Crippen LogP contribution in [0, 0.1) is 66.2 Å². The number of thiophene rings is 4. The quantitative estimate of drug-likeness (QED) is 0.0201. The van der Waals surface area contributed by atoms with Crippen molar-refractivity contribution in [3.8, 4) is 60.2 Å². The normalized spacial score (nSPS) is 12.6. The van der Waals surface area contributed by atoms with Crippen LogP contribution < -0.4 is 0 Å². The first-order valence-corrected chi connectivity index (χ1v) is 52.1. The van der Waals surface area contributed by atoms with Crippen LogP contribution in [0.15, 0.2) is 90.5 Å². The summed E-state index contributed by atoms with van der Waals surface area (Å²) in [4.78, 5) is 8.25. The zero-order valence-corrected chi connectivity index (χ0v) is 80.1. The van der Waals surface area contributed by atoms with Gasteiger partial charge in [0.15, 0.2) is 11.6 Å². The van der Waals surface area contributed by atoms with Gasteiger partial charge >= 0.3 is 5.88 Å². The minimum Gasteiger partial charge on any atom is -0.479 e. The van der Waals surface area contributed by atoms with Gasteiger partial charge < -0.3 is 17.7 Å². The van der Waals surface area contributed by atoms with E-state index in [9.17, 15) is 5.26 Å². The molecule has 122 heavy (non-hydrogen) atoms. The first-order chi connectivity index (χ1) is 59.9. The number of nitriles is 1. The van der Waals surface area contributed by atoms with Crippen LogP contribution in [0.5, 0.6) is 0 Å². The second-order valence-electron chi connectivity index (χ2n) is 35.5.